The van der Waals surface area contributed by atoms with Gasteiger partial charge in [-0.15, -0.1) is 0 Å². The number of quaternary nitrogens is 1. The summed E-state index contributed by atoms with van der Waals surface area (Å²) < 4.78 is 0.956. The molecule has 1 aliphatic heterocycles. The van der Waals surface area contributed by atoms with E-state index >= 15 is 0 Å². The van der Waals surface area contributed by atoms with Gasteiger partial charge in [-0.05, 0) is 61.8 Å². The van der Waals surface area contributed by atoms with Crippen molar-refractivity contribution >= 4 is 5.78 Å². The van der Waals surface area contributed by atoms with Gasteiger partial charge in [0, 0.05) is 51.1 Å². The van der Waals surface area contributed by atoms with E-state index in [1.807, 2.05) is 0 Å². The standard InChI is InChI=1S/C27H38NO.Y/c1-5-23-15-8-9-16-24(23)20-28(17-10-7-11-18-28)26(6-2)27(29)19-25-21(3)13-12-14-22(25)4;/h8-9,12-16,26H,5-7,10-11,17-20H2,1-4H3;/q+1;. The maximum atomic E-state index is 13.7. The Morgan fingerprint density at radius 2 is 1.50 bits per heavy atom. The molecule has 2 nitrogen and oxygen atoms in total. The Balaban J connectivity index is 0.00000320. The Hall–Kier alpha value is -0.826. The number of ketones is 1. The van der Waals surface area contributed by atoms with Gasteiger partial charge in [0.05, 0.1) is 13.1 Å². The van der Waals surface area contributed by atoms with E-state index in [9.17, 15) is 4.79 Å². The molecular formula is C27H38NOY+. The number of likely N-dealkylation sites (tertiary alicyclic amines) is 1. The first-order chi connectivity index (χ1) is 14.0. The van der Waals surface area contributed by atoms with Crippen LogP contribution >= 0.6 is 0 Å². The number of hydrogen-bond donors (Lipinski definition) is 0. The van der Waals surface area contributed by atoms with Crippen molar-refractivity contribution in [3.63, 3.8) is 0 Å². The first-order valence-electron chi connectivity index (χ1n) is 11.5. The Bertz CT molecular complexity index is 818. The molecule has 2 aromatic carbocycles. The van der Waals surface area contributed by atoms with Gasteiger partial charge < -0.3 is 4.48 Å². The van der Waals surface area contributed by atoms with Crippen LogP contribution in [0.1, 0.15) is 67.3 Å². The Morgan fingerprint density at radius 1 is 0.900 bits per heavy atom. The van der Waals surface area contributed by atoms with Crippen molar-refractivity contribution in [3.8, 4) is 0 Å². The fraction of sp³-hybridized carbons (Fsp3) is 0.519. The van der Waals surface area contributed by atoms with Gasteiger partial charge in [-0.25, -0.2) is 0 Å². The molecule has 0 amide bonds. The molecule has 3 heteroatoms. The third-order valence-corrected chi connectivity index (χ3v) is 7.11. The zero-order chi connectivity index (χ0) is 20.9. The predicted octanol–water partition coefficient (Wildman–Crippen LogP) is 5.95. The van der Waals surface area contributed by atoms with Gasteiger partial charge in [0.25, 0.3) is 0 Å². The number of hydrogen-bond acceptors (Lipinski definition) is 1. The number of Topliss-reactive ketones (excluding diaryl/α,β-unsaturated/α-hetero) is 1. The van der Waals surface area contributed by atoms with Crippen LogP contribution in [0, 0.1) is 13.8 Å². The molecule has 3 rings (SSSR count). The number of carbonyl (C=O) groups is 1. The third-order valence-electron chi connectivity index (χ3n) is 7.11. The summed E-state index contributed by atoms with van der Waals surface area (Å²) in [5, 5.41) is 0. The van der Waals surface area contributed by atoms with Gasteiger partial charge in [0.2, 0.25) is 0 Å². The monoisotopic (exact) mass is 481 g/mol. The number of nitrogens with zero attached hydrogens (tertiary/aromatic N) is 1. The van der Waals surface area contributed by atoms with Gasteiger partial charge in [-0.2, -0.15) is 0 Å². The summed E-state index contributed by atoms with van der Waals surface area (Å²) in [5.74, 6) is 0.431. The second-order valence-electron chi connectivity index (χ2n) is 8.94. The Morgan fingerprint density at radius 3 is 2.07 bits per heavy atom. The summed E-state index contributed by atoms with van der Waals surface area (Å²) in [6.07, 6.45) is 6.34. The second kappa shape index (κ2) is 11.7. The van der Waals surface area contributed by atoms with Crippen LogP contribution in [0.2, 0.25) is 0 Å². The number of aryl methyl sites for hydroxylation is 3. The number of benzene rings is 2. The van der Waals surface area contributed by atoms with Crippen LogP contribution < -0.4 is 0 Å². The summed E-state index contributed by atoms with van der Waals surface area (Å²) in [4.78, 5) is 13.7. The topological polar surface area (TPSA) is 17.1 Å². The van der Waals surface area contributed by atoms with Crippen LogP contribution in [-0.2, 0) is 56.9 Å². The number of piperidine rings is 1. The number of rotatable bonds is 8. The van der Waals surface area contributed by atoms with Gasteiger partial charge in [-0.3, -0.25) is 4.79 Å². The molecule has 159 valence electrons. The molecule has 1 heterocycles. The fourth-order valence-corrected chi connectivity index (χ4v) is 5.46. The van der Waals surface area contributed by atoms with Gasteiger partial charge in [0.15, 0.2) is 5.78 Å². The first kappa shape index (κ1) is 25.4. The molecular weight excluding hydrogens is 443 g/mol. The van der Waals surface area contributed by atoms with Crippen molar-refractivity contribution in [1.29, 1.82) is 0 Å². The molecule has 0 spiro atoms. The Kier molecular flexibility index (Phi) is 9.92. The van der Waals surface area contributed by atoms with Crippen molar-refractivity contribution < 1.29 is 42.0 Å². The van der Waals surface area contributed by atoms with E-state index in [-0.39, 0.29) is 38.8 Å². The van der Waals surface area contributed by atoms with E-state index in [1.165, 1.54) is 47.1 Å². The van der Waals surface area contributed by atoms with Crippen LogP contribution in [0.3, 0.4) is 0 Å². The van der Waals surface area contributed by atoms with E-state index in [2.05, 4.69) is 70.2 Å². The van der Waals surface area contributed by atoms with Crippen LogP contribution in [-0.4, -0.2) is 29.4 Å². The molecule has 0 saturated carbocycles. The zero-order valence-corrected chi connectivity index (χ0v) is 22.3. The molecule has 0 bridgehead atoms. The molecule has 1 fully saturated rings. The van der Waals surface area contributed by atoms with E-state index < -0.39 is 0 Å². The molecule has 1 atom stereocenters. The van der Waals surface area contributed by atoms with E-state index in [0.717, 1.165) is 37.0 Å². The molecule has 0 aliphatic carbocycles. The molecule has 2 aromatic rings. The van der Waals surface area contributed by atoms with E-state index in [1.54, 1.807) is 0 Å². The minimum absolute atomic E-state index is 0. The van der Waals surface area contributed by atoms with Crippen molar-refractivity contribution in [1.82, 2.24) is 0 Å². The summed E-state index contributed by atoms with van der Waals surface area (Å²) >= 11 is 0. The van der Waals surface area contributed by atoms with Gasteiger partial charge in [0.1, 0.15) is 12.6 Å². The summed E-state index contributed by atoms with van der Waals surface area (Å²) in [6.45, 7) is 12.0. The summed E-state index contributed by atoms with van der Waals surface area (Å²) in [5.41, 5.74) is 6.60. The van der Waals surface area contributed by atoms with Crippen molar-refractivity contribution in [3.05, 3.63) is 70.3 Å². The minimum atomic E-state index is 0. The molecule has 0 aromatic heterocycles. The first-order valence-corrected chi connectivity index (χ1v) is 11.5. The largest absolute Gasteiger partial charge is 0.311 e. The summed E-state index contributed by atoms with van der Waals surface area (Å²) in [7, 11) is 0. The average Bonchev–Trinajstić information content (AvgIpc) is 2.72. The molecule has 0 N–H and O–H groups in total. The molecule has 30 heavy (non-hydrogen) atoms. The summed E-state index contributed by atoms with van der Waals surface area (Å²) in [6, 6.07) is 15.3. The zero-order valence-electron chi connectivity index (χ0n) is 19.4. The van der Waals surface area contributed by atoms with Crippen LogP contribution in [0.4, 0.5) is 0 Å². The maximum absolute atomic E-state index is 13.7. The van der Waals surface area contributed by atoms with Crippen LogP contribution in [0.15, 0.2) is 42.5 Å². The molecule has 1 saturated heterocycles. The van der Waals surface area contributed by atoms with Crippen LogP contribution in [0.25, 0.3) is 0 Å². The average molecular weight is 482 g/mol. The van der Waals surface area contributed by atoms with Gasteiger partial charge >= 0.3 is 0 Å². The fourth-order valence-electron chi connectivity index (χ4n) is 5.46. The van der Waals surface area contributed by atoms with Crippen molar-refractivity contribution in [2.75, 3.05) is 13.1 Å². The molecule has 1 aliphatic rings. The third kappa shape index (κ3) is 5.69. The van der Waals surface area contributed by atoms with Crippen LogP contribution in [0.5, 0.6) is 0 Å². The number of carbonyl (C=O) groups excluding carboxylic acids is 1. The molecule has 1 radical (unpaired) electrons. The maximum Gasteiger partial charge on any atom is 0.194 e. The predicted molar refractivity (Wildman–Crippen MR) is 122 cm³/mol. The smallest absolute Gasteiger partial charge is 0.194 e. The second-order valence-corrected chi connectivity index (χ2v) is 8.94. The SMILES string of the molecule is CCc1ccccc1C[N+]1(C(CC)C(=O)Cc2c(C)cccc2C)CCCCC1.[Y]. The normalized spacial score (nSPS) is 16.5. The van der Waals surface area contributed by atoms with E-state index in [4.69, 9.17) is 0 Å². The van der Waals surface area contributed by atoms with Crippen molar-refractivity contribution in [2.45, 2.75) is 78.8 Å². The quantitative estimate of drug-likeness (QED) is 0.426. The molecule has 1 unspecified atom stereocenters. The van der Waals surface area contributed by atoms with Crippen molar-refractivity contribution in [2.24, 2.45) is 0 Å². The van der Waals surface area contributed by atoms with Gasteiger partial charge in [-0.1, -0.05) is 56.3 Å². The minimum Gasteiger partial charge on any atom is -0.311 e. The Labute approximate surface area is 208 Å². The van der Waals surface area contributed by atoms with E-state index in [0.29, 0.717) is 12.2 Å².